The highest BCUT2D eigenvalue weighted by Crippen LogP contribution is 2.64. The summed E-state index contributed by atoms with van der Waals surface area (Å²) in [6.07, 6.45) is 1.62. The minimum atomic E-state index is -3.38. The molecule has 0 aromatic heterocycles. The van der Waals surface area contributed by atoms with Crippen molar-refractivity contribution in [1.82, 2.24) is 4.31 Å². The van der Waals surface area contributed by atoms with Crippen molar-refractivity contribution in [2.24, 2.45) is 17.8 Å². The Labute approximate surface area is 173 Å². The van der Waals surface area contributed by atoms with Crippen LogP contribution in [-0.2, 0) is 25.7 Å². The number of nitrogens with zero attached hydrogens (tertiary/aromatic N) is 1. The molecule has 0 spiro atoms. The van der Waals surface area contributed by atoms with Crippen LogP contribution in [-0.4, -0.2) is 43.2 Å². The van der Waals surface area contributed by atoms with Gasteiger partial charge in [0, 0.05) is 25.7 Å². The molecule has 1 amide bonds. The minimum absolute atomic E-state index is 0.145. The number of allylic oxidation sites excluding steroid dienone is 1. The molecule has 1 aromatic carbocycles. The molecule has 8 heteroatoms. The number of ether oxygens (including phenoxy) is 2. The van der Waals surface area contributed by atoms with E-state index in [9.17, 15) is 18.7 Å². The van der Waals surface area contributed by atoms with Crippen molar-refractivity contribution in [2.75, 3.05) is 6.61 Å². The Hall–Kier alpha value is -1.87. The first-order chi connectivity index (χ1) is 13.6. The lowest BCUT2D eigenvalue weighted by Gasteiger charge is -2.43. The monoisotopic (exact) mass is 423 g/mol. The Morgan fingerprint density at radius 3 is 2.38 bits per heavy atom. The second-order valence-corrected chi connectivity index (χ2v) is 9.86. The molecule has 29 heavy (non-hydrogen) atoms. The molecule has 2 aliphatic rings. The summed E-state index contributed by atoms with van der Waals surface area (Å²) in [6, 6.07) is 9.41. The first-order valence-corrected chi connectivity index (χ1v) is 11.3. The van der Waals surface area contributed by atoms with Crippen molar-refractivity contribution >= 4 is 22.7 Å². The summed E-state index contributed by atoms with van der Waals surface area (Å²) in [6.45, 7) is 7.20. The summed E-state index contributed by atoms with van der Waals surface area (Å²) in [5.41, 5.74) is 1.04. The maximum atomic E-state index is 12.2. The third-order valence-electron chi connectivity index (χ3n) is 5.87. The molecule has 1 fully saturated rings. The maximum Gasteiger partial charge on any atom is 0.307 e. The molecule has 0 bridgehead atoms. The zero-order valence-electron chi connectivity index (χ0n) is 17.1. The number of esters is 1. The molecule has 7 nitrogen and oxygen atoms in total. The molecule has 3 rings (SSSR count). The fourth-order valence-corrected chi connectivity index (χ4v) is 7.03. The number of benzene rings is 1. The highest BCUT2D eigenvalue weighted by molar-refractivity contribution is 8.23. The van der Waals surface area contributed by atoms with Gasteiger partial charge in [-0.3, -0.25) is 18.7 Å². The molecule has 5 unspecified atom stereocenters. The summed E-state index contributed by atoms with van der Waals surface area (Å²) in [7, 11) is -3.38. The van der Waals surface area contributed by atoms with Crippen molar-refractivity contribution in [3.8, 4) is 0 Å². The summed E-state index contributed by atoms with van der Waals surface area (Å²) < 4.78 is 34.3. The second kappa shape index (κ2) is 8.47. The van der Waals surface area contributed by atoms with Gasteiger partial charge in [-0.05, 0) is 24.5 Å². The molecule has 1 aliphatic carbocycles. The maximum absolute atomic E-state index is 12.2. The van der Waals surface area contributed by atoms with Crippen LogP contribution in [0.25, 0.3) is 0 Å². The third kappa shape index (κ3) is 4.21. The standard InChI is InChI=1S/C21H29NO6S/c1-13-18(12-27-11-17-8-6-5-7-9-17)21-14(2)22(15(3)23)29(25,26)20(21)10-19(13)28-16(4)24/h5-10,13-14,18,20-21,25-26H,11-12H2,1-4H3. The van der Waals surface area contributed by atoms with Crippen LogP contribution in [0.2, 0.25) is 0 Å². The van der Waals surface area contributed by atoms with Crippen LogP contribution in [0.15, 0.2) is 42.2 Å². The molecule has 1 heterocycles. The first-order valence-electron chi connectivity index (χ1n) is 9.73. The second-order valence-electron chi connectivity index (χ2n) is 7.80. The molecule has 160 valence electrons. The number of amides is 1. The van der Waals surface area contributed by atoms with Gasteiger partial charge < -0.3 is 9.47 Å². The van der Waals surface area contributed by atoms with Gasteiger partial charge in [-0.25, -0.2) is 4.31 Å². The topological polar surface area (TPSA) is 96.3 Å². The molecule has 1 aromatic rings. The van der Waals surface area contributed by atoms with E-state index in [1.807, 2.05) is 44.2 Å². The SMILES string of the molecule is CC(=O)OC1=CC2C(C(COCc3ccccc3)C1C)C(C)N(C(C)=O)S2(O)O. The zero-order valence-corrected chi connectivity index (χ0v) is 18.0. The lowest BCUT2D eigenvalue weighted by Crippen LogP contribution is -2.42. The molecule has 0 saturated carbocycles. The molecule has 1 saturated heterocycles. The van der Waals surface area contributed by atoms with Gasteiger partial charge in [-0.2, -0.15) is 0 Å². The number of hydrogen-bond acceptors (Lipinski definition) is 6. The Balaban J connectivity index is 1.88. The first kappa shape index (κ1) is 21.8. The summed E-state index contributed by atoms with van der Waals surface area (Å²) in [5.74, 6) is -0.963. The van der Waals surface area contributed by atoms with Crippen LogP contribution in [0.1, 0.15) is 33.3 Å². The van der Waals surface area contributed by atoms with Crippen molar-refractivity contribution in [2.45, 2.75) is 45.6 Å². The molecule has 1 aliphatic heterocycles. The molecular weight excluding hydrogens is 394 g/mol. The van der Waals surface area contributed by atoms with Gasteiger partial charge in [-0.15, -0.1) is 10.8 Å². The Bertz CT molecular complexity index is 796. The number of hydrogen-bond donors (Lipinski definition) is 2. The van der Waals surface area contributed by atoms with Crippen LogP contribution in [0, 0.1) is 17.8 Å². The van der Waals surface area contributed by atoms with E-state index >= 15 is 0 Å². The van der Waals surface area contributed by atoms with Crippen molar-refractivity contribution in [3.05, 3.63) is 47.7 Å². The van der Waals surface area contributed by atoms with E-state index in [0.717, 1.165) is 5.56 Å². The van der Waals surface area contributed by atoms with Gasteiger partial charge >= 0.3 is 5.97 Å². The van der Waals surface area contributed by atoms with Crippen LogP contribution in [0.4, 0.5) is 0 Å². The lowest BCUT2D eigenvalue weighted by atomic mass is 9.72. The highest BCUT2D eigenvalue weighted by Gasteiger charge is 2.57. The average molecular weight is 424 g/mol. The van der Waals surface area contributed by atoms with Gasteiger partial charge in [0.05, 0.1) is 24.5 Å². The van der Waals surface area contributed by atoms with Gasteiger partial charge in [0.15, 0.2) is 0 Å². The van der Waals surface area contributed by atoms with Crippen LogP contribution < -0.4 is 0 Å². The van der Waals surface area contributed by atoms with E-state index in [4.69, 9.17) is 9.47 Å². The summed E-state index contributed by atoms with van der Waals surface area (Å²) in [4.78, 5) is 23.7. The number of fused-ring (bicyclic) bond motifs is 1. The smallest absolute Gasteiger partial charge is 0.307 e. The predicted molar refractivity (Wildman–Crippen MR) is 111 cm³/mol. The minimum Gasteiger partial charge on any atom is -0.431 e. The van der Waals surface area contributed by atoms with E-state index < -0.39 is 22.0 Å². The van der Waals surface area contributed by atoms with E-state index in [0.29, 0.717) is 19.0 Å². The van der Waals surface area contributed by atoms with E-state index in [2.05, 4.69) is 0 Å². The van der Waals surface area contributed by atoms with E-state index in [1.165, 1.54) is 18.2 Å². The van der Waals surface area contributed by atoms with Crippen LogP contribution >= 0.6 is 10.8 Å². The van der Waals surface area contributed by atoms with E-state index in [1.54, 1.807) is 6.08 Å². The normalized spacial score (nSPS) is 31.6. The number of carbonyl (C=O) groups is 2. The predicted octanol–water partition coefficient (Wildman–Crippen LogP) is 3.82. The Kier molecular flexibility index (Phi) is 6.38. The fourth-order valence-electron chi connectivity index (χ4n) is 4.59. The molecule has 0 radical (unpaired) electrons. The van der Waals surface area contributed by atoms with Crippen molar-refractivity contribution in [3.63, 3.8) is 0 Å². The van der Waals surface area contributed by atoms with Gasteiger partial charge in [0.25, 0.3) is 0 Å². The number of rotatable bonds is 5. The third-order valence-corrected chi connectivity index (χ3v) is 8.22. The molecular formula is C21H29NO6S. The van der Waals surface area contributed by atoms with Crippen LogP contribution in [0.5, 0.6) is 0 Å². The molecule has 2 N–H and O–H groups in total. The molecule has 5 atom stereocenters. The summed E-state index contributed by atoms with van der Waals surface area (Å²) in [5, 5.41) is -0.697. The summed E-state index contributed by atoms with van der Waals surface area (Å²) >= 11 is 0. The number of carbonyl (C=O) groups excluding carboxylic acids is 2. The van der Waals surface area contributed by atoms with Crippen molar-refractivity contribution in [1.29, 1.82) is 0 Å². The fraction of sp³-hybridized carbons (Fsp3) is 0.524. The van der Waals surface area contributed by atoms with Gasteiger partial charge in [-0.1, -0.05) is 37.3 Å². The lowest BCUT2D eigenvalue weighted by molar-refractivity contribution is -0.138. The Morgan fingerprint density at radius 1 is 1.14 bits per heavy atom. The van der Waals surface area contributed by atoms with Crippen LogP contribution in [0.3, 0.4) is 0 Å². The quantitative estimate of drug-likeness (QED) is 0.699. The van der Waals surface area contributed by atoms with Gasteiger partial charge in [0.2, 0.25) is 5.91 Å². The highest BCUT2D eigenvalue weighted by atomic mass is 32.3. The van der Waals surface area contributed by atoms with Crippen molar-refractivity contribution < 1.29 is 28.2 Å². The average Bonchev–Trinajstić information content (AvgIpc) is 2.83. The van der Waals surface area contributed by atoms with Gasteiger partial charge in [0.1, 0.15) is 5.76 Å². The van der Waals surface area contributed by atoms with E-state index in [-0.39, 0.29) is 29.7 Å². The Morgan fingerprint density at radius 2 is 1.79 bits per heavy atom. The largest absolute Gasteiger partial charge is 0.431 e. The zero-order chi connectivity index (χ0) is 21.3.